The highest BCUT2D eigenvalue weighted by molar-refractivity contribution is 7.90. The molecule has 144 valence electrons. The lowest BCUT2D eigenvalue weighted by Gasteiger charge is -2.12. The van der Waals surface area contributed by atoms with Gasteiger partial charge in [0.2, 0.25) is 0 Å². The summed E-state index contributed by atoms with van der Waals surface area (Å²) in [6, 6.07) is 10.2. The Morgan fingerprint density at radius 1 is 1.07 bits per heavy atom. The van der Waals surface area contributed by atoms with Gasteiger partial charge in [0.05, 0.1) is 22.1 Å². The number of benzene rings is 1. The van der Waals surface area contributed by atoms with Crippen molar-refractivity contribution in [3.63, 3.8) is 0 Å². The molecule has 0 radical (unpaired) electrons. The van der Waals surface area contributed by atoms with E-state index in [-0.39, 0.29) is 16.6 Å². The Bertz CT molecular complexity index is 1360. The van der Waals surface area contributed by atoms with E-state index in [9.17, 15) is 13.2 Å². The molecule has 0 atom stereocenters. The van der Waals surface area contributed by atoms with Crippen molar-refractivity contribution in [3.05, 3.63) is 59.3 Å². The Morgan fingerprint density at radius 2 is 1.79 bits per heavy atom. The van der Waals surface area contributed by atoms with Crippen LogP contribution in [0.5, 0.6) is 0 Å². The summed E-state index contributed by atoms with van der Waals surface area (Å²) < 4.78 is 30.9. The summed E-state index contributed by atoms with van der Waals surface area (Å²) in [5.74, 6) is 0. The number of fused-ring (bicyclic) bond motifs is 3. The minimum absolute atomic E-state index is 0.0742. The molecule has 1 saturated carbocycles. The van der Waals surface area contributed by atoms with Crippen molar-refractivity contribution >= 4 is 32.1 Å². The number of imidazole rings is 1. The van der Waals surface area contributed by atoms with Crippen molar-refractivity contribution in [1.29, 1.82) is 0 Å². The zero-order chi connectivity index (χ0) is 19.5. The van der Waals surface area contributed by atoms with E-state index in [1.54, 1.807) is 54.2 Å². The van der Waals surface area contributed by atoms with E-state index in [4.69, 9.17) is 0 Å². The molecule has 3 aromatic heterocycles. The molecule has 1 aliphatic rings. The van der Waals surface area contributed by atoms with E-state index in [1.807, 2.05) is 4.57 Å². The number of pyridine rings is 1. The molecule has 3 heterocycles. The van der Waals surface area contributed by atoms with Crippen LogP contribution in [-0.4, -0.2) is 26.5 Å². The molecule has 0 N–H and O–H groups in total. The largest absolute Gasteiger partial charge is 0.329 e. The molecule has 0 aliphatic heterocycles. The summed E-state index contributed by atoms with van der Waals surface area (Å²) in [4.78, 5) is 17.5. The molecule has 1 aliphatic carbocycles. The molecule has 28 heavy (non-hydrogen) atoms. The lowest BCUT2D eigenvalue weighted by Crippen LogP contribution is -2.24. The molecule has 8 heteroatoms. The lowest BCUT2D eigenvalue weighted by atomic mass is 10.2. The zero-order valence-electron chi connectivity index (χ0n) is 15.4. The topological polar surface area (TPSA) is 78.9 Å². The molecule has 0 saturated heterocycles. The van der Waals surface area contributed by atoms with Gasteiger partial charge in [0.15, 0.2) is 5.65 Å². The van der Waals surface area contributed by atoms with Gasteiger partial charge in [-0.2, -0.15) is 0 Å². The average molecular weight is 396 g/mol. The third-order valence-corrected chi connectivity index (χ3v) is 7.40. The van der Waals surface area contributed by atoms with Crippen LogP contribution in [0.3, 0.4) is 0 Å². The van der Waals surface area contributed by atoms with Crippen molar-refractivity contribution in [1.82, 2.24) is 18.1 Å². The number of aromatic nitrogens is 4. The predicted octanol–water partition coefficient (Wildman–Crippen LogP) is 3.04. The van der Waals surface area contributed by atoms with E-state index < -0.39 is 10.0 Å². The number of hydrogen-bond donors (Lipinski definition) is 0. The number of aryl methyl sites for hydroxylation is 1. The van der Waals surface area contributed by atoms with Crippen LogP contribution in [0, 0.1) is 0 Å². The summed E-state index contributed by atoms with van der Waals surface area (Å²) >= 11 is 0. The summed E-state index contributed by atoms with van der Waals surface area (Å²) in [5.41, 5.74) is 1.76. The Labute approximate surface area is 161 Å². The van der Waals surface area contributed by atoms with Gasteiger partial charge in [0.1, 0.15) is 0 Å². The fraction of sp³-hybridized carbons (Fsp3) is 0.300. The van der Waals surface area contributed by atoms with Crippen LogP contribution in [0.15, 0.2) is 58.5 Å². The molecule has 4 aromatic rings. The highest BCUT2D eigenvalue weighted by atomic mass is 32.2. The molecule has 1 aromatic carbocycles. The Morgan fingerprint density at radius 3 is 2.50 bits per heavy atom. The van der Waals surface area contributed by atoms with Gasteiger partial charge in [-0.15, -0.1) is 0 Å². The third kappa shape index (κ3) is 2.30. The van der Waals surface area contributed by atoms with Gasteiger partial charge in [0, 0.05) is 24.7 Å². The van der Waals surface area contributed by atoms with Crippen LogP contribution in [-0.2, 0) is 17.1 Å². The predicted molar refractivity (Wildman–Crippen MR) is 107 cm³/mol. The maximum absolute atomic E-state index is 13.1. The standard InChI is InChI=1S/C20H20N4O3S/c1-22-17-13-21-19-16(18(17)24(20(22)25)14-7-5-6-8-14)11-12-23(19)28(26,27)15-9-3-2-4-10-15/h2-4,9-14H,5-8H2,1H3. The van der Waals surface area contributed by atoms with Crippen molar-refractivity contribution in [2.24, 2.45) is 7.05 Å². The van der Waals surface area contributed by atoms with Gasteiger partial charge in [-0.25, -0.2) is 22.2 Å². The molecular formula is C20H20N4O3S. The molecule has 0 spiro atoms. The normalized spacial score (nSPS) is 15.8. The van der Waals surface area contributed by atoms with Gasteiger partial charge < -0.3 is 0 Å². The fourth-order valence-corrected chi connectivity index (χ4v) is 5.62. The van der Waals surface area contributed by atoms with Crippen LogP contribution < -0.4 is 5.69 Å². The van der Waals surface area contributed by atoms with Gasteiger partial charge in [0.25, 0.3) is 10.0 Å². The summed E-state index contributed by atoms with van der Waals surface area (Å²) in [5, 5.41) is 0.682. The first-order valence-corrected chi connectivity index (χ1v) is 10.8. The van der Waals surface area contributed by atoms with E-state index in [2.05, 4.69) is 4.98 Å². The first kappa shape index (κ1) is 17.2. The van der Waals surface area contributed by atoms with Crippen LogP contribution in [0.1, 0.15) is 31.7 Å². The summed E-state index contributed by atoms with van der Waals surface area (Å²) in [6.45, 7) is 0. The Hall–Kier alpha value is -2.87. The Balaban J connectivity index is 1.82. The first-order chi connectivity index (χ1) is 13.5. The monoisotopic (exact) mass is 396 g/mol. The van der Waals surface area contributed by atoms with E-state index in [0.717, 1.165) is 36.7 Å². The average Bonchev–Trinajstić information content (AvgIpc) is 3.42. The van der Waals surface area contributed by atoms with Gasteiger partial charge in [-0.3, -0.25) is 9.13 Å². The summed E-state index contributed by atoms with van der Waals surface area (Å²) in [7, 11) is -2.03. The minimum Gasteiger partial charge on any atom is -0.293 e. The second kappa shape index (κ2) is 6.07. The fourth-order valence-electron chi connectivity index (χ4n) is 4.30. The molecule has 0 bridgehead atoms. The van der Waals surface area contributed by atoms with Gasteiger partial charge in [-0.1, -0.05) is 31.0 Å². The van der Waals surface area contributed by atoms with Gasteiger partial charge >= 0.3 is 5.69 Å². The maximum atomic E-state index is 13.1. The van der Waals surface area contributed by atoms with E-state index >= 15 is 0 Å². The minimum atomic E-state index is -3.77. The maximum Gasteiger partial charge on any atom is 0.329 e. The van der Waals surface area contributed by atoms with Crippen LogP contribution in [0.2, 0.25) is 0 Å². The molecule has 1 fully saturated rings. The highest BCUT2D eigenvalue weighted by Crippen LogP contribution is 2.34. The zero-order valence-corrected chi connectivity index (χ0v) is 16.3. The van der Waals surface area contributed by atoms with Crippen LogP contribution >= 0.6 is 0 Å². The van der Waals surface area contributed by atoms with E-state index in [0.29, 0.717) is 11.0 Å². The molecule has 0 unspecified atom stereocenters. The molecule has 0 amide bonds. The van der Waals surface area contributed by atoms with Crippen molar-refractivity contribution in [2.75, 3.05) is 0 Å². The van der Waals surface area contributed by atoms with Gasteiger partial charge in [-0.05, 0) is 31.0 Å². The lowest BCUT2D eigenvalue weighted by molar-refractivity contribution is 0.510. The van der Waals surface area contributed by atoms with Crippen molar-refractivity contribution in [2.45, 2.75) is 36.6 Å². The molecule has 7 nitrogen and oxygen atoms in total. The number of rotatable bonds is 3. The second-order valence-electron chi connectivity index (χ2n) is 7.31. The highest BCUT2D eigenvalue weighted by Gasteiger charge is 2.26. The number of nitrogens with zero attached hydrogens (tertiary/aromatic N) is 4. The second-order valence-corrected chi connectivity index (χ2v) is 9.12. The molecule has 5 rings (SSSR count). The molecular weight excluding hydrogens is 376 g/mol. The third-order valence-electron chi connectivity index (χ3n) is 5.72. The smallest absolute Gasteiger partial charge is 0.293 e. The van der Waals surface area contributed by atoms with Crippen LogP contribution in [0.4, 0.5) is 0 Å². The van der Waals surface area contributed by atoms with E-state index in [1.165, 1.54) is 10.2 Å². The first-order valence-electron chi connectivity index (χ1n) is 9.38. The summed E-state index contributed by atoms with van der Waals surface area (Å²) in [6.07, 6.45) is 7.26. The quantitative estimate of drug-likeness (QED) is 0.533. The SMILES string of the molecule is Cn1c(=O)n(C2CCCC2)c2c3ccn(S(=O)(=O)c4ccccc4)c3ncc21. The van der Waals surface area contributed by atoms with Crippen LogP contribution in [0.25, 0.3) is 22.1 Å². The van der Waals surface area contributed by atoms with Crippen molar-refractivity contribution < 1.29 is 8.42 Å². The Kier molecular flexibility index (Phi) is 3.74. The number of hydrogen-bond acceptors (Lipinski definition) is 4. The van der Waals surface area contributed by atoms with Crippen molar-refractivity contribution in [3.8, 4) is 0 Å².